The van der Waals surface area contributed by atoms with Gasteiger partial charge in [-0.2, -0.15) is 0 Å². The summed E-state index contributed by atoms with van der Waals surface area (Å²) >= 11 is 4.11. The molecule has 108 valence electrons. The quantitative estimate of drug-likeness (QED) is 0.438. The molecule has 2 rings (SSSR count). The predicted octanol–water partition coefficient (Wildman–Crippen LogP) is 3.43. The molecule has 0 aliphatic heterocycles. The zero-order valence-electron chi connectivity index (χ0n) is 10.6. The van der Waals surface area contributed by atoms with Gasteiger partial charge in [-0.05, 0) is 69.4 Å². The van der Waals surface area contributed by atoms with Gasteiger partial charge in [0.15, 0.2) is 0 Å². The van der Waals surface area contributed by atoms with Crippen molar-refractivity contribution in [2.75, 3.05) is 11.1 Å². The molecule has 2 aromatic rings. The molecular formula is C14H10I2N2O3. The fourth-order valence-electron chi connectivity index (χ4n) is 1.69. The van der Waals surface area contributed by atoms with Gasteiger partial charge in [-0.1, -0.05) is 12.1 Å². The minimum Gasteiger partial charge on any atom is -0.478 e. The van der Waals surface area contributed by atoms with E-state index in [0.717, 1.165) is 7.14 Å². The lowest BCUT2D eigenvalue weighted by Gasteiger charge is -2.10. The van der Waals surface area contributed by atoms with Crippen LogP contribution in [0.5, 0.6) is 0 Å². The fraction of sp³-hybridized carbons (Fsp3) is 0. The third kappa shape index (κ3) is 3.64. The molecule has 0 heterocycles. The second-order valence-electron chi connectivity index (χ2n) is 4.16. The average molecular weight is 508 g/mol. The van der Waals surface area contributed by atoms with Crippen LogP contribution in [0.3, 0.4) is 0 Å². The summed E-state index contributed by atoms with van der Waals surface area (Å²) in [7, 11) is 0. The van der Waals surface area contributed by atoms with E-state index in [0.29, 0.717) is 11.3 Å². The number of hydrogen-bond donors (Lipinski definition) is 3. The Morgan fingerprint density at radius 3 is 2.24 bits per heavy atom. The van der Waals surface area contributed by atoms with E-state index < -0.39 is 5.97 Å². The number of anilines is 2. The summed E-state index contributed by atoms with van der Waals surface area (Å²) in [5.74, 6) is -1.47. The molecule has 0 saturated heterocycles. The third-order valence-corrected chi connectivity index (χ3v) is 4.53. The lowest BCUT2D eigenvalue weighted by atomic mass is 10.1. The van der Waals surface area contributed by atoms with E-state index in [1.807, 2.05) is 0 Å². The number of carboxylic acids is 1. The molecule has 0 radical (unpaired) electrons. The largest absolute Gasteiger partial charge is 0.478 e. The first-order valence-electron chi connectivity index (χ1n) is 5.78. The molecular weight excluding hydrogens is 498 g/mol. The van der Waals surface area contributed by atoms with Gasteiger partial charge in [0.2, 0.25) is 0 Å². The normalized spacial score (nSPS) is 10.2. The van der Waals surface area contributed by atoms with Crippen LogP contribution < -0.4 is 11.1 Å². The first-order valence-corrected chi connectivity index (χ1v) is 7.94. The van der Waals surface area contributed by atoms with Crippen molar-refractivity contribution in [2.24, 2.45) is 0 Å². The molecule has 1 amide bonds. The van der Waals surface area contributed by atoms with Crippen LogP contribution in [0.4, 0.5) is 11.4 Å². The highest BCUT2D eigenvalue weighted by Gasteiger charge is 2.14. The second-order valence-corrected chi connectivity index (χ2v) is 6.48. The van der Waals surface area contributed by atoms with Crippen LogP contribution >= 0.6 is 45.2 Å². The summed E-state index contributed by atoms with van der Waals surface area (Å²) in [6.07, 6.45) is 0. The Hall–Kier alpha value is -1.36. The highest BCUT2D eigenvalue weighted by molar-refractivity contribution is 14.1. The Labute approximate surface area is 148 Å². The molecule has 0 fully saturated rings. The Bertz CT molecular complexity index is 709. The second kappa shape index (κ2) is 6.60. The molecule has 0 aromatic heterocycles. The number of rotatable bonds is 3. The van der Waals surface area contributed by atoms with Crippen LogP contribution in [0.1, 0.15) is 20.7 Å². The zero-order valence-corrected chi connectivity index (χ0v) is 14.9. The number of nitrogens with two attached hydrogens (primary N) is 1. The first kappa shape index (κ1) is 16.0. The van der Waals surface area contributed by atoms with Gasteiger partial charge in [0.05, 0.1) is 16.9 Å². The summed E-state index contributed by atoms with van der Waals surface area (Å²) in [6.45, 7) is 0. The van der Waals surface area contributed by atoms with E-state index in [4.69, 9.17) is 10.8 Å². The molecule has 0 aliphatic rings. The van der Waals surface area contributed by atoms with Crippen LogP contribution in [-0.2, 0) is 0 Å². The molecule has 7 heteroatoms. The molecule has 21 heavy (non-hydrogen) atoms. The molecule has 0 unspecified atom stereocenters. The number of nitrogen functional groups attached to an aromatic ring is 1. The Morgan fingerprint density at radius 2 is 1.67 bits per heavy atom. The maximum Gasteiger partial charge on any atom is 0.337 e. The van der Waals surface area contributed by atoms with Crippen LogP contribution in [0.2, 0.25) is 0 Å². The van der Waals surface area contributed by atoms with Gasteiger partial charge >= 0.3 is 5.97 Å². The minimum atomic E-state index is -1.09. The Morgan fingerprint density at radius 1 is 1.10 bits per heavy atom. The molecule has 2 aromatic carbocycles. The lowest BCUT2D eigenvalue weighted by molar-refractivity contribution is 0.0698. The van der Waals surface area contributed by atoms with E-state index in [-0.39, 0.29) is 17.2 Å². The number of para-hydroxylation sites is 1. The molecule has 0 spiro atoms. The maximum atomic E-state index is 12.3. The van der Waals surface area contributed by atoms with Crippen molar-refractivity contribution in [3.63, 3.8) is 0 Å². The summed E-state index contributed by atoms with van der Waals surface area (Å²) in [6, 6.07) is 9.59. The standard InChI is InChI=1S/C14H10I2N2O3/c15-9-5-7(6-10(16)12(9)17)13(19)18-11-4-2-1-3-8(11)14(20)21/h1-6H,17H2,(H,18,19)(H,20,21). The van der Waals surface area contributed by atoms with Gasteiger partial charge in [-0.15, -0.1) is 0 Å². The molecule has 0 atom stereocenters. The number of amides is 1. The topological polar surface area (TPSA) is 92.4 Å². The van der Waals surface area contributed by atoms with Crippen molar-refractivity contribution in [1.29, 1.82) is 0 Å². The SMILES string of the molecule is Nc1c(I)cc(C(=O)Nc2ccccc2C(=O)O)cc1I. The average Bonchev–Trinajstić information content (AvgIpc) is 2.44. The number of nitrogens with one attached hydrogen (secondary N) is 1. The molecule has 0 bridgehead atoms. The minimum absolute atomic E-state index is 0.0469. The van der Waals surface area contributed by atoms with Gasteiger partial charge in [-0.3, -0.25) is 4.79 Å². The summed E-state index contributed by atoms with van der Waals surface area (Å²) in [5.41, 5.74) is 7.20. The van der Waals surface area contributed by atoms with Crippen molar-refractivity contribution >= 4 is 68.4 Å². The highest BCUT2D eigenvalue weighted by atomic mass is 127. The number of carbonyl (C=O) groups excluding carboxylic acids is 1. The molecule has 4 N–H and O–H groups in total. The Balaban J connectivity index is 2.33. The van der Waals surface area contributed by atoms with E-state index in [1.54, 1.807) is 30.3 Å². The van der Waals surface area contributed by atoms with Crippen molar-refractivity contribution < 1.29 is 14.7 Å². The van der Waals surface area contributed by atoms with Gasteiger partial charge in [0.25, 0.3) is 5.91 Å². The number of hydrogen-bond acceptors (Lipinski definition) is 3. The number of benzene rings is 2. The monoisotopic (exact) mass is 508 g/mol. The van der Waals surface area contributed by atoms with Crippen LogP contribution in [0, 0.1) is 7.14 Å². The van der Waals surface area contributed by atoms with Gasteiger partial charge in [0.1, 0.15) is 0 Å². The highest BCUT2D eigenvalue weighted by Crippen LogP contribution is 2.24. The fourth-order valence-corrected chi connectivity index (χ4v) is 3.46. The first-order chi connectivity index (χ1) is 9.90. The third-order valence-electron chi connectivity index (χ3n) is 2.75. The number of carboxylic acid groups (broad SMARTS) is 1. The zero-order chi connectivity index (χ0) is 15.6. The summed E-state index contributed by atoms with van der Waals surface area (Å²) in [5, 5.41) is 11.7. The van der Waals surface area contributed by atoms with E-state index in [1.165, 1.54) is 6.07 Å². The molecule has 0 saturated carbocycles. The van der Waals surface area contributed by atoms with Crippen molar-refractivity contribution in [2.45, 2.75) is 0 Å². The van der Waals surface area contributed by atoms with Crippen LogP contribution in [0.15, 0.2) is 36.4 Å². The summed E-state index contributed by atoms with van der Waals surface area (Å²) < 4.78 is 1.55. The maximum absolute atomic E-state index is 12.3. The van der Waals surface area contributed by atoms with Gasteiger partial charge < -0.3 is 16.2 Å². The van der Waals surface area contributed by atoms with Crippen molar-refractivity contribution in [3.05, 3.63) is 54.7 Å². The van der Waals surface area contributed by atoms with E-state index >= 15 is 0 Å². The Kier molecular flexibility index (Phi) is 5.04. The van der Waals surface area contributed by atoms with E-state index in [2.05, 4.69) is 50.5 Å². The van der Waals surface area contributed by atoms with Crippen LogP contribution in [-0.4, -0.2) is 17.0 Å². The predicted molar refractivity (Wildman–Crippen MR) is 97.6 cm³/mol. The number of carbonyl (C=O) groups is 2. The number of halogens is 2. The lowest BCUT2D eigenvalue weighted by Crippen LogP contribution is -2.15. The molecule has 0 aliphatic carbocycles. The smallest absolute Gasteiger partial charge is 0.337 e. The van der Waals surface area contributed by atoms with E-state index in [9.17, 15) is 9.59 Å². The summed E-state index contributed by atoms with van der Waals surface area (Å²) in [4.78, 5) is 23.4. The number of aromatic carboxylic acids is 1. The van der Waals surface area contributed by atoms with Crippen molar-refractivity contribution in [3.8, 4) is 0 Å². The van der Waals surface area contributed by atoms with Crippen molar-refractivity contribution in [1.82, 2.24) is 0 Å². The molecule has 5 nitrogen and oxygen atoms in total. The van der Waals surface area contributed by atoms with Gasteiger partial charge in [0, 0.05) is 12.7 Å². The van der Waals surface area contributed by atoms with Gasteiger partial charge in [-0.25, -0.2) is 4.79 Å². The van der Waals surface area contributed by atoms with Crippen LogP contribution in [0.25, 0.3) is 0 Å².